The molecule has 0 bridgehead atoms. The lowest BCUT2D eigenvalue weighted by Crippen LogP contribution is -2.40. The van der Waals surface area contributed by atoms with Crippen molar-refractivity contribution in [2.24, 2.45) is 0 Å². The van der Waals surface area contributed by atoms with Gasteiger partial charge in [-0.2, -0.15) is 0 Å². The van der Waals surface area contributed by atoms with Crippen LogP contribution in [0, 0.1) is 0 Å². The SMILES string of the molecule is C[C@H](Sc1nnc(-c2cccnc2)o1)C(=O)NC1CCCCC1. The van der Waals surface area contributed by atoms with E-state index in [9.17, 15) is 4.79 Å². The summed E-state index contributed by atoms with van der Waals surface area (Å²) in [5, 5.41) is 11.3. The van der Waals surface area contributed by atoms with E-state index in [0.29, 0.717) is 17.2 Å². The Hall–Kier alpha value is -1.89. The maximum absolute atomic E-state index is 12.3. The normalized spacial score (nSPS) is 16.9. The standard InChI is InChI=1S/C16H20N4O2S/c1-11(14(21)18-13-7-3-2-4-8-13)23-16-20-19-15(22-16)12-6-5-9-17-10-12/h5-6,9-11,13H,2-4,7-8H2,1H3,(H,18,21)/t11-/m0/s1. The molecule has 0 unspecified atom stereocenters. The van der Waals surface area contributed by atoms with Crippen molar-refractivity contribution >= 4 is 17.7 Å². The number of nitrogens with one attached hydrogen (secondary N) is 1. The Morgan fingerprint density at radius 3 is 2.91 bits per heavy atom. The van der Waals surface area contributed by atoms with Crippen LogP contribution in [0.2, 0.25) is 0 Å². The van der Waals surface area contributed by atoms with Gasteiger partial charge in [0.1, 0.15) is 0 Å². The van der Waals surface area contributed by atoms with Gasteiger partial charge in [-0.1, -0.05) is 31.0 Å². The Balaban J connectivity index is 1.56. The molecule has 0 aliphatic heterocycles. The lowest BCUT2D eigenvalue weighted by Gasteiger charge is -2.23. The summed E-state index contributed by atoms with van der Waals surface area (Å²) in [6, 6.07) is 3.98. The van der Waals surface area contributed by atoms with Gasteiger partial charge in [0.25, 0.3) is 5.22 Å². The number of aromatic nitrogens is 3. The van der Waals surface area contributed by atoms with Crippen molar-refractivity contribution in [1.29, 1.82) is 0 Å². The number of rotatable bonds is 5. The zero-order chi connectivity index (χ0) is 16.1. The highest BCUT2D eigenvalue weighted by molar-refractivity contribution is 8.00. The monoisotopic (exact) mass is 332 g/mol. The Morgan fingerprint density at radius 2 is 2.17 bits per heavy atom. The van der Waals surface area contributed by atoms with Crippen LogP contribution in [0.3, 0.4) is 0 Å². The van der Waals surface area contributed by atoms with Crippen LogP contribution in [-0.2, 0) is 4.79 Å². The first-order valence-corrected chi connectivity index (χ1v) is 8.81. The number of carbonyl (C=O) groups excluding carboxylic acids is 1. The van der Waals surface area contributed by atoms with Gasteiger partial charge >= 0.3 is 0 Å². The van der Waals surface area contributed by atoms with Gasteiger partial charge in [-0.3, -0.25) is 9.78 Å². The van der Waals surface area contributed by atoms with Gasteiger partial charge in [0.05, 0.1) is 10.8 Å². The molecule has 2 heterocycles. The van der Waals surface area contributed by atoms with E-state index in [1.54, 1.807) is 12.4 Å². The van der Waals surface area contributed by atoms with E-state index in [1.807, 2.05) is 19.1 Å². The number of pyridine rings is 1. The molecule has 1 saturated carbocycles. The fourth-order valence-electron chi connectivity index (χ4n) is 2.63. The predicted molar refractivity (Wildman–Crippen MR) is 87.9 cm³/mol. The minimum atomic E-state index is -0.265. The first-order chi connectivity index (χ1) is 11.2. The molecule has 0 saturated heterocycles. The molecule has 1 N–H and O–H groups in total. The van der Waals surface area contributed by atoms with Crippen molar-refractivity contribution in [3.8, 4) is 11.5 Å². The highest BCUT2D eigenvalue weighted by atomic mass is 32.2. The second kappa shape index (κ2) is 7.59. The third kappa shape index (κ3) is 4.31. The summed E-state index contributed by atoms with van der Waals surface area (Å²) < 4.78 is 5.60. The zero-order valence-electron chi connectivity index (χ0n) is 13.1. The molecule has 1 aliphatic rings. The fourth-order valence-corrected chi connectivity index (χ4v) is 3.33. The molecule has 2 aromatic heterocycles. The summed E-state index contributed by atoms with van der Waals surface area (Å²) in [6.45, 7) is 1.86. The molecule has 1 amide bonds. The maximum atomic E-state index is 12.3. The third-order valence-corrected chi connectivity index (χ3v) is 4.85. The van der Waals surface area contributed by atoms with Crippen LogP contribution in [0.15, 0.2) is 34.2 Å². The van der Waals surface area contributed by atoms with Crippen molar-refractivity contribution in [3.05, 3.63) is 24.5 Å². The molecule has 1 aliphatic carbocycles. The molecule has 1 atom stereocenters. The highest BCUT2D eigenvalue weighted by Crippen LogP contribution is 2.26. The van der Waals surface area contributed by atoms with Crippen molar-refractivity contribution < 1.29 is 9.21 Å². The van der Waals surface area contributed by atoms with Gasteiger partial charge in [-0.05, 0) is 31.9 Å². The van der Waals surface area contributed by atoms with Crippen LogP contribution in [0.1, 0.15) is 39.0 Å². The molecule has 7 heteroatoms. The first kappa shape index (κ1) is 16.0. The van der Waals surface area contributed by atoms with Crippen molar-refractivity contribution in [2.75, 3.05) is 0 Å². The molecule has 2 aromatic rings. The quantitative estimate of drug-likeness (QED) is 0.848. The van der Waals surface area contributed by atoms with Crippen LogP contribution in [-0.4, -0.2) is 32.4 Å². The van der Waals surface area contributed by atoms with Gasteiger partial charge in [-0.15, -0.1) is 10.2 Å². The Morgan fingerprint density at radius 1 is 1.35 bits per heavy atom. The van der Waals surface area contributed by atoms with E-state index in [4.69, 9.17) is 4.42 Å². The van der Waals surface area contributed by atoms with E-state index in [2.05, 4.69) is 20.5 Å². The molecule has 0 aromatic carbocycles. The minimum absolute atomic E-state index is 0.0306. The summed E-state index contributed by atoms with van der Waals surface area (Å²) >= 11 is 1.28. The Labute approximate surface area is 139 Å². The number of hydrogen-bond donors (Lipinski definition) is 1. The Kier molecular flexibility index (Phi) is 5.27. The highest BCUT2D eigenvalue weighted by Gasteiger charge is 2.22. The third-order valence-electron chi connectivity index (χ3n) is 3.91. The van der Waals surface area contributed by atoms with Gasteiger partial charge in [-0.25, -0.2) is 0 Å². The van der Waals surface area contributed by atoms with E-state index < -0.39 is 0 Å². The molecule has 23 heavy (non-hydrogen) atoms. The second-order valence-electron chi connectivity index (χ2n) is 5.72. The average Bonchev–Trinajstić information content (AvgIpc) is 3.05. The first-order valence-electron chi connectivity index (χ1n) is 7.93. The number of thioether (sulfide) groups is 1. The van der Waals surface area contributed by atoms with Gasteiger partial charge in [0, 0.05) is 18.4 Å². The maximum Gasteiger partial charge on any atom is 0.277 e. The second-order valence-corrected chi connectivity index (χ2v) is 7.01. The van der Waals surface area contributed by atoms with E-state index in [-0.39, 0.29) is 11.2 Å². The molecule has 1 fully saturated rings. The number of nitrogens with zero attached hydrogens (tertiary/aromatic N) is 3. The van der Waals surface area contributed by atoms with E-state index in [1.165, 1.54) is 31.0 Å². The number of hydrogen-bond acceptors (Lipinski definition) is 6. The lowest BCUT2D eigenvalue weighted by molar-refractivity contribution is -0.121. The van der Waals surface area contributed by atoms with Gasteiger partial charge in [0.15, 0.2) is 0 Å². The topological polar surface area (TPSA) is 80.9 Å². The van der Waals surface area contributed by atoms with Crippen LogP contribution in [0.4, 0.5) is 0 Å². The smallest absolute Gasteiger partial charge is 0.277 e. The van der Waals surface area contributed by atoms with Crippen LogP contribution >= 0.6 is 11.8 Å². The van der Waals surface area contributed by atoms with Crippen molar-refractivity contribution in [2.45, 2.75) is 55.5 Å². The summed E-state index contributed by atoms with van der Waals surface area (Å²) in [5.74, 6) is 0.448. The van der Waals surface area contributed by atoms with Gasteiger partial charge < -0.3 is 9.73 Å². The number of amides is 1. The van der Waals surface area contributed by atoms with Crippen LogP contribution in [0.25, 0.3) is 11.5 Å². The van der Waals surface area contributed by atoms with Gasteiger partial charge in [0.2, 0.25) is 11.8 Å². The van der Waals surface area contributed by atoms with Crippen LogP contribution in [0.5, 0.6) is 0 Å². The molecule has 0 spiro atoms. The predicted octanol–water partition coefficient (Wildman–Crippen LogP) is 3.06. The molecular weight excluding hydrogens is 312 g/mol. The largest absolute Gasteiger partial charge is 0.411 e. The molecule has 122 valence electrons. The van der Waals surface area contributed by atoms with E-state index >= 15 is 0 Å². The summed E-state index contributed by atoms with van der Waals surface area (Å²) in [6.07, 6.45) is 9.18. The fraction of sp³-hybridized carbons (Fsp3) is 0.500. The zero-order valence-corrected chi connectivity index (χ0v) is 13.9. The van der Waals surface area contributed by atoms with Crippen molar-refractivity contribution in [3.63, 3.8) is 0 Å². The summed E-state index contributed by atoms with van der Waals surface area (Å²) in [7, 11) is 0. The van der Waals surface area contributed by atoms with Crippen LogP contribution < -0.4 is 5.32 Å². The van der Waals surface area contributed by atoms with Crippen molar-refractivity contribution in [1.82, 2.24) is 20.5 Å². The minimum Gasteiger partial charge on any atom is -0.411 e. The molecule has 6 nitrogen and oxygen atoms in total. The Bertz CT molecular complexity index is 641. The molecular formula is C16H20N4O2S. The molecule has 3 rings (SSSR count). The average molecular weight is 332 g/mol. The summed E-state index contributed by atoms with van der Waals surface area (Å²) in [5.41, 5.74) is 0.770. The molecule has 0 radical (unpaired) electrons. The lowest BCUT2D eigenvalue weighted by atomic mass is 9.95. The van der Waals surface area contributed by atoms with E-state index in [0.717, 1.165) is 18.4 Å². The summed E-state index contributed by atoms with van der Waals surface area (Å²) in [4.78, 5) is 16.3. The number of carbonyl (C=O) groups is 1.